The second kappa shape index (κ2) is 6.78. The summed E-state index contributed by atoms with van der Waals surface area (Å²) in [7, 11) is -3.74. The molecule has 0 amide bonds. The van der Waals surface area contributed by atoms with Crippen LogP contribution in [0, 0.1) is 6.92 Å². The molecule has 0 aliphatic heterocycles. The average Bonchev–Trinajstić information content (AvgIpc) is 2.76. The lowest BCUT2D eigenvalue weighted by molar-refractivity contribution is -0.143. The minimum absolute atomic E-state index is 0.0398. The van der Waals surface area contributed by atoms with Crippen LogP contribution in [-0.4, -0.2) is 43.4 Å². The Balaban J connectivity index is 2.97. The zero-order chi connectivity index (χ0) is 14.5. The number of aryl methyl sites for hydroxylation is 1. The molecule has 19 heavy (non-hydrogen) atoms. The summed E-state index contributed by atoms with van der Waals surface area (Å²) in [5, 5.41) is 0.647. The van der Waals surface area contributed by atoms with Crippen molar-refractivity contribution in [1.82, 2.24) is 9.29 Å². The van der Waals surface area contributed by atoms with Crippen LogP contribution in [0.2, 0.25) is 0 Å². The number of esters is 1. The van der Waals surface area contributed by atoms with E-state index in [0.717, 1.165) is 15.6 Å². The topological polar surface area (TPSA) is 76.6 Å². The average molecular weight is 304 g/mol. The zero-order valence-electron chi connectivity index (χ0n) is 10.8. The van der Waals surface area contributed by atoms with Crippen molar-refractivity contribution >= 4 is 27.3 Å². The van der Waals surface area contributed by atoms with Gasteiger partial charge in [-0.15, -0.1) is 17.9 Å². The molecule has 1 aromatic rings. The maximum atomic E-state index is 12.3. The summed E-state index contributed by atoms with van der Waals surface area (Å²) in [6.07, 6.45) is 2.71. The molecule has 0 aliphatic carbocycles. The third kappa shape index (κ3) is 4.12. The standard InChI is InChI=1S/C11H16N2O4S2/c1-4-6-13(8-10(14)17-5-2)19(15,16)11-7-12-9(3)18-11/h4,7H,1,5-6,8H2,2-3H3. The van der Waals surface area contributed by atoms with Crippen molar-refractivity contribution in [3.63, 3.8) is 0 Å². The Morgan fingerprint density at radius 3 is 2.79 bits per heavy atom. The molecule has 0 aromatic carbocycles. The predicted octanol–water partition coefficient (Wildman–Crippen LogP) is 1.19. The van der Waals surface area contributed by atoms with Gasteiger partial charge in [0.2, 0.25) is 0 Å². The minimum atomic E-state index is -3.74. The number of sulfonamides is 1. The number of hydrogen-bond donors (Lipinski definition) is 0. The van der Waals surface area contributed by atoms with Crippen molar-refractivity contribution in [2.75, 3.05) is 19.7 Å². The van der Waals surface area contributed by atoms with Gasteiger partial charge < -0.3 is 4.74 Å². The number of carbonyl (C=O) groups is 1. The fourth-order valence-corrected chi connectivity index (χ4v) is 3.95. The van der Waals surface area contributed by atoms with Crippen molar-refractivity contribution in [3.8, 4) is 0 Å². The first kappa shape index (κ1) is 15.8. The van der Waals surface area contributed by atoms with Crippen LogP contribution in [0.15, 0.2) is 23.1 Å². The first-order chi connectivity index (χ1) is 8.91. The van der Waals surface area contributed by atoms with Crippen molar-refractivity contribution in [2.45, 2.75) is 18.1 Å². The molecule has 0 atom stereocenters. The van der Waals surface area contributed by atoms with E-state index in [1.165, 1.54) is 12.3 Å². The Morgan fingerprint density at radius 2 is 2.32 bits per heavy atom. The Bertz CT molecular complexity index is 551. The van der Waals surface area contributed by atoms with E-state index in [2.05, 4.69) is 11.6 Å². The molecule has 0 radical (unpaired) electrons. The molecule has 0 saturated heterocycles. The number of ether oxygens (including phenoxy) is 1. The van der Waals surface area contributed by atoms with Gasteiger partial charge in [0.1, 0.15) is 6.54 Å². The maximum absolute atomic E-state index is 12.3. The van der Waals surface area contributed by atoms with E-state index in [1.54, 1.807) is 13.8 Å². The van der Waals surface area contributed by atoms with Gasteiger partial charge >= 0.3 is 5.97 Å². The smallest absolute Gasteiger partial charge is 0.321 e. The highest BCUT2D eigenvalue weighted by Crippen LogP contribution is 2.22. The molecular formula is C11H16N2O4S2. The van der Waals surface area contributed by atoms with Gasteiger partial charge in [-0.3, -0.25) is 4.79 Å². The van der Waals surface area contributed by atoms with Crippen LogP contribution in [0.4, 0.5) is 0 Å². The molecule has 106 valence electrons. The van der Waals surface area contributed by atoms with Gasteiger partial charge in [0.25, 0.3) is 10.0 Å². The van der Waals surface area contributed by atoms with Crippen molar-refractivity contribution in [2.24, 2.45) is 0 Å². The number of carbonyl (C=O) groups excluding carboxylic acids is 1. The van der Waals surface area contributed by atoms with Gasteiger partial charge in [0.05, 0.1) is 17.8 Å². The Morgan fingerprint density at radius 1 is 1.63 bits per heavy atom. The molecule has 0 N–H and O–H groups in total. The lowest BCUT2D eigenvalue weighted by Gasteiger charge is -2.18. The first-order valence-corrected chi connectivity index (χ1v) is 7.86. The van der Waals surface area contributed by atoms with Gasteiger partial charge in [0, 0.05) is 6.54 Å². The highest BCUT2D eigenvalue weighted by atomic mass is 32.2. The summed E-state index contributed by atoms with van der Waals surface area (Å²) in [5.41, 5.74) is 0. The van der Waals surface area contributed by atoms with Crippen LogP contribution < -0.4 is 0 Å². The van der Waals surface area contributed by atoms with Crippen LogP contribution in [0.3, 0.4) is 0 Å². The summed E-state index contributed by atoms with van der Waals surface area (Å²) < 4.78 is 30.5. The van der Waals surface area contributed by atoms with E-state index in [9.17, 15) is 13.2 Å². The van der Waals surface area contributed by atoms with Crippen LogP contribution >= 0.6 is 11.3 Å². The monoisotopic (exact) mass is 304 g/mol. The van der Waals surface area contributed by atoms with E-state index in [0.29, 0.717) is 5.01 Å². The van der Waals surface area contributed by atoms with Crippen molar-refractivity contribution < 1.29 is 17.9 Å². The van der Waals surface area contributed by atoms with Crippen LogP contribution in [0.5, 0.6) is 0 Å². The number of thiazole rings is 1. The number of rotatable bonds is 7. The summed E-state index contributed by atoms with van der Waals surface area (Å²) in [4.78, 5) is 15.3. The molecule has 0 fully saturated rings. The van der Waals surface area contributed by atoms with Crippen LogP contribution in [0.25, 0.3) is 0 Å². The summed E-state index contributed by atoms with van der Waals surface area (Å²) in [6.45, 7) is 6.79. The summed E-state index contributed by atoms with van der Waals surface area (Å²) >= 11 is 1.06. The molecule has 0 saturated carbocycles. The molecule has 1 aromatic heterocycles. The third-order valence-electron chi connectivity index (χ3n) is 2.14. The fourth-order valence-electron chi connectivity index (χ4n) is 1.33. The maximum Gasteiger partial charge on any atom is 0.321 e. The van der Waals surface area contributed by atoms with Crippen molar-refractivity contribution in [1.29, 1.82) is 0 Å². The van der Waals surface area contributed by atoms with E-state index in [1.807, 2.05) is 0 Å². The molecule has 1 rings (SSSR count). The fraction of sp³-hybridized carbons (Fsp3) is 0.455. The van der Waals surface area contributed by atoms with Gasteiger partial charge in [-0.25, -0.2) is 13.4 Å². The Hall–Kier alpha value is -1.25. The van der Waals surface area contributed by atoms with Gasteiger partial charge in [-0.1, -0.05) is 6.08 Å². The minimum Gasteiger partial charge on any atom is -0.465 e. The molecular weight excluding hydrogens is 288 g/mol. The SMILES string of the molecule is C=CCN(CC(=O)OCC)S(=O)(=O)c1cnc(C)s1. The van der Waals surface area contributed by atoms with Crippen LogP contribution in [0.1, 0.15) is 11.9 Å². The second-order valence-electron chi connectivity index (χ2n) is 3.59. The van der Waals surface area contributed by atoms with Crippen LogP contribution in [-0.2, 0) is 19.6 Å². The lowest BCUT2D eigenvalue weighted by atomic mass is 10.5. The van der Waals surface area contributed by atoms with Gasteiger partial charge in [0.15, 0.2) is 4.21 Å². The quantitative estimate of drug-likeness (QED) is 0.558. The first-order valence-electron chi connectivity index (χ1n) is 5.61. The molecule has 0 spiro atoms. The molecule has 1 heterocycles. The van der Waals surface area contributed by atoms with Gasteiger partial charge in [-0.2, -0.15) is 4.31 Å². The molecule has 0 bridgehead atoms. The number of hydrogen-bond acceptors (Lipinski definition) is 6. The normalized spacial score (nSPS) is 11.5. The molecule has 0 aliphatic rings. The van der Waals surface area contributed by atoms with Gasteiger partial charge in [-0.05, 0) is 13.8 Å². The lowest BCUT2D eigenvalue weighted by Crippen LogP contribution is -2.36. The Kier molecular flexibility index (Phi) is 5.64. The largest absolute Gasteiger partial charge is 0.465 e. The highest BCUT2D eigenvalue weighted by Gasteiger charge is 2.27. The summed E-state index contributed by atoms with van der Waals surface area (Å²) in [6, 6.07) is 0. The van der Waals surface area contributed by atoms with E-state index in [-0.39, 0.29) is 23.9 Å². The van der Waals surface area contributed by atoms with E-state index >= 15 is 0 Å². The van der Waals surface area contributed by atoms with E-state index < -0.39 is 16.0 Å². The van der Waals surface area contributed by atoms with Crippen molar-refractivity contribution in [3.05, 3.63) is 23.9 Å². The Labute approximate surface area is 116 Å². The molecule has 0 unspecified atom stereocenters. The summed E-state index contributed by atoms with van der Waals surface area (Å²) in [5.74, 6) is -0.589. The highest BCUT2D eigenvalue weighted by molar-refractivity contribution is 7.91. The number of nitrogens with zero attached hydrogens (tertiary/aromatic N) is 2. The number of aromatic nitrogens is 1. The molecule has 6 nitrogen and oxygen atoms in total. The molecule has 8 heteroatoms. The van der Waals surface area contributed by atoms with E-state index in [4.69, 9.17) is 4.74 Å². The second-order valence-corrected chi connectivity index (χ2v) is 6.99. The zero-order valence-corrected chi connectivity index (χ0v) is 12.5. The predicted molar refractivity (Wildman–Crippen MR) is 72.4 cm³/mol. The third-order valence-corrected chi connectivity index (χ3v) is 5.30.